The fourth-order valence-electron chi connectivity index (χ4n) is 1.57. The van der Waals surface area contributed by atoms with Gasteiger partial charge in [0.1, 0.15) is 11.4 Å². The standard InChI is InChI=1S/C10H12FNO/c1-7-2-8(4-9(11)3-7)10(13)5-12-6-10/h2-4,12-13H,5-6H2,1H3. The van der Waals surface area contributed by atoms with Crippen LogP contribution in [-0.4, -0.2) is 18.2 Å². The second-order valence-electron chi connectivity index (χ2n) is 3.65. The van der Waals surface area contributed by atoms with Gasteiger partial charge in [-0.15, -0.1) is 0 Å². The molecule has 1 aromatic rings. The number of rotatable bonds is 1. The topological polar surface area (TPSA) is 32.3 Å². The average molecular weight is 181 g/mol. The molecule has 1 saturated heterocycles. The summed E-state index contributed by atoms with van der Waals surface area (Å²) in [7, 11) is 0. The Morgan fingerprint density at radius 1 is 1.38 bits per heavy atom. The molecule has 0 spiro atoms. The number of halogens is 1. The largest absolute Gasteiger partial charge is 0.382 e. The van der Waals surface area contributed by atoms with Crippen LogP contribution in [0.15, 0.2) is 18.2 Å². The Morgan fingerprint density at radius 2 is 2.08 bits per heavy atom. The first kappa shape index (κ1) is 8.66. The highest BCUT2D eigenvalue weighted by atomic mass is 19.1. The predicted molar refractivity (Wildman–Crippen MR) is 47.9 cm³/mol. The molecule has 2 rings (SSSR count). The Balaban J connectivity index is 2.39. The van der Waals surface area contributed by atoms with Crippen LogP contribution in [-0.2, 0) is 5.60 Å². The van der Waals surface area contributed by atoms with Gasteiger partial charge >= 0.3 is 0 Å². The molecule has 3 heteroatoms. The number of nitrogens with one attached hydrogen (secondary N) is 1. The summed E-state index contributed by atoms with van der Waals surface area (Å²) in [4.78, 5) is 0. The molecular weight excluding hydrogens is 169 g/mol. The zero-order valence-electron chi connectivity index (χ0n) is 7.47. The first-order valence-electron chi connectivity index (χ1n) is 4.31. The van der Waals surface area contributed by atoms with E-state index in [1.54, 1.807) is 0 Å². The maximum atomic E-state index is 13.0. The fourth-order valence-corrected chi connectivity index (χ4v) is 1.57. The van der Waals surface area contributed by atoms with Crippen LogP contribution in [0.5, 0.6) is 0 Å². The van der Waals surface area contributed by atoms with Gasteiger partial charge in [0.25, 0.3) is 0 Å². The van der Waals surface area contributed by atoms with Crippen LogP contribution in [0.25, 0.3) is 0 Å². The minimum Gasteiger partial charge on any atom is -0.382 e. The van der Waals surface area contributed by atoms with E-state index < -0.39 is 5.60 Å². The quantitative estimate of drug-likeness (QED) is 0.675. The van der Waals surface area contributed by atoms with Gasteiger partial charge in [-0.25, -0.2) is 4.39 Å². The van der Waals surface area contributed by atoms with Gasteiger partial charge in [-0.05, 0) is 30.2 Å². The molecule has 0 radical (unpaired) electrons. The summed E-state index contributed by atoms with van der Waals surface area (Å²) in [6, 6.07) is 4.68. The Morgan fingerprint density at radius 3 is 2.54 bits per heavy atom. The van der Waals surface area contributed by atoms with Crippen LogP contribution < -0.4 is 5.32 Å². The van der Waals surface area contributed by atoms with Gasteiger partial charge < -0.3 is 10.4 Å². The number of aliphatic hydroxyl groups is 1. The predicted octanol–water partition coefficient (Wildman–Crippen LogP) is 0.925. The van der Waals surface area contributed by atoms with Crippen LogP contribution in [0.1, 0.15) is 11.1 Å². The highest BCUT2D eigenvalue weighted by Gasteiger charge is 2.36. The summed E-state index contributed by atoms with van der Waals surface area (Å²) < 4.78 is 13.0. The molecule has 0 amide bonds. The Hall–Kier alpha value is -0.930. The molecule has 70 valence electrons. The summed E-state index contributed by atoms with van der Waals surface area (Å²) in [6.07, 6.45) is 0. The molecule has 0 aliphatic carbocycles. The van der Waals surface area contributed by atoms with Crippen molar-refractivity contribution < 1.29 is 9.50 Å². The molecule has 1 aliphatic heterocycles. The normalized spacial score (nSPS) is 19.6. The van der Waals surface area contributed by atoms with Gasteiger partial charge in [0.2, 0.25) is 0 Å². The summed E-state index contributed by atoms with van der Waals surface area (Å²) in [5, 5.41) is 12.9. The molecule has 2 N–H and O–H groups in total. The summed E-state index contributed by atoms with van der Waals surface area (Å²) in [5.41, 5.74) is 0.659. The molecule has 13 heavy (non-hydrogen) atoms. The van der Waals surface area contributed by atoms with E-state index >= 15 is 0 Å². The molecule has 2 nitrogen and oxygen atoms in total. The van der Waals surface area contributed by atoms with E-state index in [0.717, 1.165) is 5.56 Å². The molecular formula is C10H12FNO. The van der Waals surface area contributed by atoms with Crippen molar-refractivity contribution in [2.75, 3.05) is 13.1 Å². The third kappa shape index (κ3) is 1.45. The van der Waals surface area contributed by atoms with Crippen molar-refractivity contribution in [2.24, 2.45) is 0 Å². The zero-order valence-corrected chi connectivity index (χ0v) is 7.47. The summed E-state index contributed by atoms with van der Waals surface area (Å²) in [6.45, 7) is 2.84. The van der Waals surface area contributed by atoms with E-state index in [-0.39, 0.29) is 5.82 Å². The van der Waals surface area contributed by atoms with Crippen molar-refractivity contribution in [3.63, 3.8) is 0 Å². The van der Waals surface area contributed by atoms with Gasteiger partial charge in [0, 0.05) is 13.1 Å². The average Bonchev–Trinajstić information content (AvgIpc) is 1.98. The Kier molecular flexibility index (Phi) is 1.86. The highest BCUT2D eigenvalue weighted by Crippen LogP contribution is 2.26. The second-order valence-corrected chi connectivity index (χ2v) is 3.65. The smallest absolute Gasteiger partial charge is 0.123 e. The number of β-amino-alcohol motifs (C(OH)–C–C–N with tert-alkyl or cyclic N) is 1. The van der Waals surface area contributed by atoms with E-state index in [1.165, 1.54) is 12.1 Å². The molecule has 1 heterocycles. The number of hydrogen-bond donors (Lipinski definition) is 2. The van der Waals surface area contributed by atoms with Gasteiger partial charge in [-0.3, -0.25) is 0 Å². The van der Waals surface area contributed by atoms with Crippen LogP contribution in [0.2, 0.25) is 0 Å². The van der Waals surface area contributed by atoms with Crippen LogP contribution in [0.4, 0.5) is 4.39 Å². The van der Waals surface area contributed by atoms with Gasteiger partial charge in [0.15, 0.2) is 0 Å². The SMILES string of the molecule is Cc1cc(F)cc(C2(O)CNC2)c1. The molecule has 0 bridgehead atoms. The highest BCUT2D eigenvalue weighted by molar-refractivity contribution is 5.30. The Bertz CT molecular complexity index is 313. The van der Waals surface area contributed by atoms with Crippen molar-refractivity contribution in [1.29, 1.82) is 0 Å². The van der Waals surface area contributed by atoms with Crippen molar-refractivity contribution in [1.82, 2.24) is 5.32 Å². The third-order valence-corrected chi connectivity index (χ3v) is 2.41. The maximum absolute atomic E-state index is 13.0. The molecule has 1 fully saturated rings. The van der Waals surface area contributed by atoms with Crippen molar-refractivity contribution in [2.45, 2.75) is 12.5 Å². The number of benzene rings is 1. The van der Waals surface area contributed by atoms with E-state index in [2.05, 4.69) is 5.32 Å². The van der Waals surface area contributed by atoms with Crippen molar-refractivity contribution in [3.8, 4) is 0 Å². The van der Waals surface area contributed by atoms with Gasteiger partial charge in [-0.2, -0.15) is 0 Å². The lowest BCUT2D eigenvalue weighted by Crippen LogP contribution is -2.56. The monoisotopic (exact) mass is 181 g/mol. The number of hydrogen-bond acceptors (Lipinski definition) is 2. The third-order valence-electron chi connectivity index (χ3n) is 2.41. The summed E-state index contributed by atoms with van der Waals surface area (Å²) in [5.74, 6) is -0.282. The molecule has 0 aromatic heterocycles. The van der Waals surface area contributed by atoms with Crippen LogP contribution >= 0.6 is 0 Å². The lowest BCUT2D eigenvalue weighted by Gasteiger charge is -2.38. The molecule has 0 unspecified atom stereocenters. The lowest BCUT2D eigenvalue weighted by atomic mass is 9.87. The Labute approximate surface area is 76.4 Å². The van der Waals surface area contributed by atoms with Crippen molar-refractivity contribution >= 4 is 0 Å². The minimum absolute atomic E-state index is 0.282. The van der Waals surface area contributed by atoms with E-state index in [0.29, 0.717) is 18.7 Å². The van der Waals surface area contributed by atoms with E-state index in [9.17, 15) is 9.50 Å². The van der Waals surface area contributed by atoms with Crippen LogP contribution in [0.3, 0.4) is 0 Å². The lowest BCUT2D eigenvalue weighted by molar-refractivity contribution is -0.0149. The van der Waals surface area contributed by atoms with Gasteiger partial charge in [-0.1, -0.05) is 6.07 Å². The summed E-state index contributed by atoms with van der Waals surface area (Å²) >= 11 is 0. The minimum atomic E-state index is -0.854. The molecule has 0 saturated carbocycles. The molecule has 1 aliphatic rings. The van der Waals surface area contributed by atoms with E-state index in [1.807, 2.05) is 13.0 Å². The second kappa shape index (κ2) is 2.79. The fraction of sp³-hybridized carbons (Fsp3) is 0.400. The maximum Gasteiger partial charge on any atom is 0.123 e. The number of aryl methyl sites for hydroxylation is 1. The first-order valence-corrected chi connectivity index (χ1v) is 4.31. The van der Waals surface area contributed by atoms with E-state index in [4.69, 9.17) is 0 Å². The van der Waals surface area contributed by atoms with Crippen molar-refractivity contribution in [3.05, 3.63) is 35.1 Å². The molecule has 1 aromatic carbocycles. The van der Waals surface area contributed by atoms with Crippen LogP contribution in [0, 0.1) is 12.7 Å². The zero-order chi connectivity index (χ0) is 9.47. The first-order chi connectivity index (χ1) is 6.10. The van der Waals surface area contributed by atoms with Gasteiger partial charge in [0.05, 0.1) is 0 Å². The molecule has 0 atom stereocenters.